The molecule has 1 aromatic carbocycles. The van der Waals surface area contributed by atoms with Gasteiger partial charge in [-0.3, -0.25) is 4.79 Å². The van der Waals surface area contributed by atoms with Crippen molar-refractivity contribution in [3.8, 4) is 0 Å². The summed E-state index contributed by atoms with van der Waals surface area (Å²) in [5.41, 5.74) is 2.10. The quantitative estimate of drug-likeness (QED) is 0.913. The van der Waals surface area contributed by atoms with Crippen LogP contribution in [0.3, 0.4) is 0 Å². The molecule has 3 heteroatoms. The fourth-order valence-corrected chi connectivity index (χ4v) is 3.32. The molecule has 1 aromatic rings. The molecule has 1 aliphatic carbocycles. The van der Waals surface area contributed by atoms with E-state index in [9.17, 15) is 4.79 Å². The summed E-state index contributed by atoms with van der Waals surface area (Å²) in [6, 6.07) is 8.26. The number of carbonyl (C=O) groups excluding carboxylic acids is 1. The van der Waals surface area contributed by atoms with E-state index in [1.807, 2.05) is 24.3 Å². The molecule has 1 aliphatic rings. The molecule has 1 fully saturated rings. The van der Waals surface area contributed by atoms with Gasteiger partial charge in [0, 0.05) is 25.8 Å². The topological polar surface area (TPSA) is 32.3 Å². The maximum Gasteiger partial charge on any atom is 0.255 e. The Balaban J connectivity index is 2.20. The van der Waals surface area contributed by atoms with Crippen molar-refractivity contribution in [2.45, 2.75) is 39.7 Å². The van der Waals surface area contributed by atoms with Crippen LogP contribution in [0.15, 0.2) is 24.3 Å². The average molecular weight is 274 g/mol. The van der Waals surface area contributed by atoms with E-state index < -0.39 is 0 Å². The number of nitrogens with zero attached hydrogens (tertiary/aromatic N) is 1. The molecule has 0 saturated heterocycles. The molecule has 0 bridgehead atoms. The van der Waals surface area contributed by atoms with Crippen molar-refractivity contribution in [3.05, 3.63) is 29.8 Å². The summed E-state index contributed by atoms with van der Waals surface area (Å²) in [6.45, 7) is 6.94. The molecular formula is C17H26N2O. The van der Waals surface area contributed by atoms with Crippen LogP contribution in [0.5, 0.6) is 0 Å². The molecule has 2 rings (SSSR count). The summed E-state index contributed by atoms with van der Waals surface area (Å²) < 4.78 is 0. The van der Waals surface area contributed by atoms with Crippen molar-refractivity contribution in [2.75, 3.05) is 19.4 Å². The number of rotatable bonds is 3. The molecule has 0 aliphatic heterocycles. The zero-order chi connectivity index (χ0) is 14.9. The molecule has 0 heterocycles. The van der Waals surface area contributed by atoms with Gasteiger partial charge in [-0.2, -0.15) is 0 Å². The Morgan fingerprint density at radius 1 is 1.25 bits per heavy atom. The summed E-state index contributed by atoms with van der Waals surface area (Å²) in [6.07, 6.45) is 2.38. The first-order valence-electron chi connectivity index (χ1n) is 7.37. The standard InChI is InChI=1S/C17H26N2O/c1-12-10-17(2,3)11-15(12)18-14-9-7-6-8-13(14)16(20)19(4)5/h6-9,12,15,18H,10-11H2,1-5H3. The van der Waals surface area contributed by atoms with E-state index >= 15 is 0 Å². The molecule has 2 unspecified atom stereocenters. The number of hydrogen-bond acceptors (Lipinski definition) is 2. The fraction of sp³-hybridized carbons (Fsp3) is 0.588. The Kier molecular flexibility index (Phi) is 4.07. The molecule has 0 aromatic heterocycles. The molecular weight excluding hydrogens is 248 g/mol. The Bertz CT molecular complexity index is 494. The van der Waals surface area contributed by atoms with Crippen molar-refractivity contribution < 1.29 is 4.79 Å². The van der Waals surface area contributed by atoms with Gasteiger partial charge < -0.3 is 10.2 Å². The molecule has 3 nitrogen and oxygen atoms in total. The van der Waals surface area contributed by atoms with Crippen molar-refractivity contribution in [3.63, 3.8) is 0 Å². The summed E-state index contributed by atoms with van der Waals surface area (Å²) in [7, 11) is 3.58. The molecule has 0 radical (unpaired) electrons. The lowest BCUT2D eigenvalue weighted by molar-refractivity contribution is 0.0828. The smallest absolute Gasteiger partial charge is 0.255 e. The number of nitrogens with one attached hydrogen (secondary N) is 1. The monoisotopic (exact) mass is 274 g/mol. The van der Waals surface area contributed by atoms with Gasteiger partial charge in [-0.05, 0) is 36.3 Å². The van der Waals surface area contributed by atoms with Gasteiger partial charge in [-0.15, -0.1) is 0 Å². The van der Waals surface area contributed by atoms with Crippen LogP contribution in [-0.4, -0.2) is 30.9 Å². The second-order valence-electron chi connectivity index (χ2n) is 7.05. The third kappa shape index (κ3) is 3.14. The van der Waals surface area contributed by atoms with Gasteiger partial charge in [0.25, 0.3) is 5.91 Å². The SMILES string of the molecule is CC1CC(C)(C)CC1Nc1ccccc1C(=O)N(C)C. The average Bonchev–Trinajstić information content (AvgIpc) is 2.62. The highest BCUT2D eigenvalue weighted by atomic mass is 16.2. The number of hydrogen-bond donors (Lipinski definition) is 1. The number of amides is 1. The second kappa shape index (κ2) is 5.47. The van der Waals surface area contributed by atoms with Crippen LogP contribution in [0.2, 0.25) is 0 Å². The van der Waals surface area contributed by atoms with Crippen LogP contribution in [0, 0.1) is 11.3 Å². The van der Waals surface area contributed by atoms with Crippen molar-refractivity contribution >= 4 is 11.6 Å². The van der Waals surface area contributed by atoms with Crippen LogP contribution in [0.25, 0.3) is 0 Å². The second-order valence-corrected chi connectivity index (χ2v) is 7.05. The third-order valence-electron chi connectivity index (χ3n) is 4.24. The minimum atomic E-state index is 0.0537. The van der Waals surface area contributed by atoms with E-state index in [-0.39, 0.29) is 5.91 Å². The minimum Gasteiger partial charge on any atom is -0.381 e. The first-order valence-corrected chi connectivity index (χ1v) is 7.37. The van der Waals surface area contributed by atoms with E-state index in [0.29, 0.717) is 17.4 Å². The van der Waals surface area contributed by atoms with E-state index in [2.05, 4.69) is 26.1 Å². The maximum atomic E-state index is 12.2. The van der Waals surface area contributed by atoms with Crippen molar-refractivity contribution in [1.82, 2.24) is 4.90 Å². The van der Waals surface area contributed by atoms with Crippen LogP contribution < -0.4 is 5.32 Å². The number of benzene rings is 1. The van der Waals surface area contributed by atoms with Crippen LogP contribution in [0.4, 0.5) is 5.69 Å². The summed E-state index contributed by atoms with van der Waals surface area (Å²) in [4.78, 5) is 13.9. The van der Waals surface area contributed by atoms with Crippen molar-refractivity contribution in [1.29, 1.82) is 0 Å². The Morgan fingerprint density at radius 2 is 1.90 bits per heavy atom. The van der Waals surface area contributed by atoms with Crippen LogP contribution >= 0.6 is 0 Å². The van der Waals surface area contributed by atoms with Gasteiger partial charge >= 0.3 is 0 Å². The molecule has 1 N–H and O–H groups in total. The highest BCUT2D eigenvalue weighted by Gasteiger charge is 2.36. The summed E-state index contributed by atoms with van der Waals surface area (Å²) >= 11 is 0. The van der Waals surface area contributed by atoms with Crippen LogP contribution in [0.1, 0.15) is 44.0 Å². The molecule has 0 spiro atoms. The summed E-state index contributed by atoms with van der Waals surface area (Å²) in [5.74, 6) is 0.686. The molecule has 1 saturated carbocycles. The molecule has 2 atom stereocenters. The van der Waals surface area contributed by atoms with E-state index in [1.165, 1.54) is 6.42 Å². The van der Waals surface area contributed by atoms with E-state index in [1.54, 1.807) is 19.0 Å². The van der Waals surface area contributed by atoms with Gasteiger partial charge in [0.2, 0.25) is 0 Å². The number of carbonyl (C=O) groups is 1. The van der Waals surface area contributed by atoms with Gasteiger partial charge in [-0.1, -0.05) is 32.9 Å². The minimum absolute atomic E-state index is 0.0537. The molecule has 20 heavy (non-hydrogen) atoms. The number of para-hydroxylation sites is 1. The first-order chi connectivity index (χ1) is 9.30. The predicted octanol–water partition coefficient (Wildman–Crippen LogP) is 3.63. The lowest BCUT2D eigenvalue weighted by Gasteiger charge is -2.22. The zero-order valence-corrected chi connectivity index (χ0v) is 13.2. The summed E-state index contributed by atoms with van der Waals surface area (Å²) in [5, 5.41) is 3.60. The van der Waals surface area contributed by atoms with Gasteiger partial charge in [0.1, 0.15) is 0 Å². The highest BCUT2D eigenvalue weighted by molar-refractivity contribution is 5.99. The molecule has 1 amide bonds. The number of anilines is 1. The fourth-order valence-electron chi connectivity index (χ4n) is 3.32. The predicted molar refractivity (Wildman–Crippen MR) is 84.0 cm³/mol. The largest absolute Gasteiger partial charge is 0.381 e. The lowest BCUT2D eigenvalue weighted by Crippen LogP contribution is -2.27. The highest BCUT2D eigenvalue weighted by Crippen LogP contribution is 2.42. The zero-order valence-electron chi connectivity index (χ0n) is 13.2. The normalized spacial score (nSPS) is 24.4. The van der Waals surface area contributed by atoms with Gasteiger partial charge in [0.05, 0.1) is 5.56 Å². The molecule has 110 valence electrons. The van der Waals surface area contributed by atoms with Crippen molar-refractivity contribution in [2.24, 2.45) is 11.3 Å². The van der Waals surface area contributed by atoms with Gasteiger partial charge in [0.15, 0.2) is 0 Å². The van der Waals surface area contributed by atoms with Crippen LogP contribution in [-0.2, 0) is 0 Å². The van der Waals surface area contributed by atoms with Gasteiger partial charge in [-0.25, -0.2) is 0 Å². The van der Waals surface area contributed by atoms with E-state index in [0.717, 1.165) is 17.7 Å². The first kappa shape index (κ1) is 14.9. The Hall–Kier alpha value is -1.51. The Morgan fingerprint density at radius 3 is 2.45 bits per heavy atom. The third-order valence-corrected chi connectivity index (χ3v) is 4.24. The van der Waals surface area contributed by atoms with E-state index in [4.69, 9.17) is 0 Å². The Labute approximate surface area is 122 Å². The maximum absolute atomic E-state index is 12.2. The lowest BCUT2D eigenvalue weighted by atomic mass is 9.91.